The number of anilines is 1. The van der Waals surface area contributed by atoms with Crippen molar-refractivity contribution >= 4 is 11.9 Å². The van der Waals surface area contributed by atoms with Crippen LogP contribution in [0.25, 0.3) is 0 Å². The minimum Gasteiger partial charge on any atom is -0.454 e. The predicted molar refractivity (Wildman–Crippen MR) is 111 cm³/mol. The first-order chi connectivity index (χ1) is 13.8. The number of carbonyl (C=O) groups is 1. The van der Waals surface area contributed by atoms with Crippen LogP contribution in [0.1, 0.15) is 41.4 Å². The number of likely N-dealkylation sites (tertiary alicyclic amines) is 1. The predicted octanol–water partition coefficient (Wildman–Crippen LogP) is 3.06. The van der Waals surface area contributed by atoms with Crippen LogP contribution in [-0.2, 0) is 6.42 Å². The van der Waals surface area contributed by atoms with Crippen LogP contribution < -0.4 is 14.4 Å². The number of fused-ring (bicyclic) bond motifs is 1. The zero-order chi connectivity index (χ0) is 20.6. The first-order valence-electron chi connectivity index (χ1n) is 10.0. The molecule has 0 N–H and O–H groups in total. The summed E-state index contributed by atoms with van der Waals surface area (Å²) >= 11 is 0. The van der Waals surface area contributed by atoms with Crippen molar-refractivity contribution in [1.29, 1.82) is 0 Å². The highest BCUT2D eigenvalue weighted by Gasteiger charge is 2.34. The molecule has 0 saturated carbocycles. The second kappa shape index (κ2) is 7.54. The standard InChI is InChI=1S/C22H28N4O3/c1-15-17(12-23-21(24-15)25(3)4)20(27)26-9-5-8-22(2,13-26)11-16-6-7-18-19(10-16)29-14-28-18/h6-7,10,12H,5,8-9,11,13-14H2,1-4H3/t22-/m1/s1. The summed E-state index contributed by atoms with van der Waals surface area (Å²) in [7, 11) is 3.78. The highest BCUT2D eigenvalue weighted by molar-refractivity contribution is 5.95. The highest BCUT2D eigenvalue weighted by atomic mass is 16.7. The van der Waals surface area contributed by atoms with Gasteiger partial charge in [-0.15, -0.1) is 0 Å². The lowest BCUT2D eigenvalue weighted by atomic mass is 9.76. The number of piperidine rings is 1. The topological polar surface area (TPSA) is 67.8 Å². The normalized spacial score (nSPS) is 20.6. The lowest BCUT2D eigenvalue weighted by molar-refractivity contribution is 0.0549. The molecule has 1 aromatic heterocycles. The van der Waals surface area contributed by atoms with E-state index in [9.17, 15) is 4.79 Å². The van der Waals surface area contributed by atoms with Gasteiger partial charge in [0.05, 0.1) is 11.3 Å². The van der Waals surface area contributed by atoms with Crippen molar-refractivity contribution in [2.75, 3.05) is 38.9 Å². The third-order valence-electron chi connectivity index (χ3n) is 5.73. The second-order valence-electron chi connectivity index (χ2n) is 8.57. The molecular formula is C22H28N4O3. The van der Waals surface area contributed by atoms with Crippen molar-refractivity contribution in [1.82, 2.24) is 14.9 Å². The summed E-state index contributed by atoms with van der Waals surface area (Å²) in [6.45, 7) is 5.90. The molecule has 29 heavy (non-hydrogen) atoms. The number of carbonyl (C=O) groups excluding carboxylic acids is 1. The summed E-state index contributed by atoms with van der Waals surface area (Å²) in [5.41, 5.74) is 2.53. The summed E-state index contributed by atoms with van der Waals surface area (Å²) < 4.78 is 10.9. The molecule has 1 saturated heterocycles. The summed E-state index contributed by atoms with van der Waals surface area (Å²) in [5, 5.41) is 0. The van der Waals surface area contributed by atoms with E-state index in [0.29, 0.717) is 11.5 Å². The van der Waals surface area contributed by atoms with Crippen LogP contribution in [0.4, 0.5) is 5.95 Å². The Morgan fingerprint density at radius 1 is 1.28 bits per heavy atom. The lowest BCUT2D eigenvalue weighted by Crippen LogP contribution is -2.46. The molecule has 0 unspecified atom stereocenters. The van der Waals surface area contributed by atoms with Crippen molar-refractivity contribution < 1.29 is 14.3 Å². The number of hydrogen-bond acceptors (Lipinski definition) is 6. The van der Waals surface area contributed by atoms with Crippen LogP contribution in [0, 0.1) is 12.3 Å². The van der Waals surface area contributed by atoms with Gasteiger partial charge in [-0.3, -0.25) is 4.79 Å². The van der Waals surface area contributed by atoms with Crippen molar-refractivity contribution in [2.45, 2.75) is 33.1 Å². The maximum absolute atomic E-state index is 13.2. The van der Waals surface area contributed by atoms with Gasteiger partial charge in [0.15, 0.2) is 11.5 Å². The molecule has 7 heteroatoms. The molecule has 2 aliphatic rings. The minimum atomic E-state index is 0.0138. The van der Waals surface area contributed by atoms with E-state index in [2.05, 4.69) is 29.0 Å². The maximum atomic E-state index is 13.2. The number of aromatic nitrogens is 2. The molecule has 1 fully saturated rings. The molecule has 154 valence electrons. The van der Waals surface area contributed by atoms with Gasteiger partial charge >= 0.3 is 0 Å². The molecule has 2 aromatic rings. The molecule has 1 aromatic carbocycles. The Balaban J connectivity index is 1.49. The van der Waals surface area contributed by atoms with Crippen LogP contribution in [0.2, 0.25) is 0 Å². The van der Waals surface area contributed by atoms with Crippen molar-refractivity contribution in [3.63, 3.8) is 0 Å². The van der Waals surface area contributed by atoms with E-state index in [-0.39, 0.29) is 18.1 Å². The number of nitrogens with zero attached hydrogens (tertiary/aromatic N) is 4. The van der Waals surface area contributed by atoms with Crippen LogP contribution in [-0.4, -0.2) is 54.8 Å². The SMILES string of the molecule is Cc1nc(N(C)C)ncc1C(=O)N1CCC[C@](C)(Cc2ccc3c(c2)OCO3)C1. The van der Waals surface area contributed by atoms with Gasteiger partial charge < -0.3 is 19.3 Å². The fourth-order valence-electron chi connectivity index (χ4n) is 4.23. The average molecular weight is 396 g/mol. The first-order valence-corrected chi connectivity index (χ1v) is 10.0. The fourth-order valence-corrected chi connectivity index (χ4v) is 4.23. The van der Waals surface area contributed by atoms with E-state index in [4.69, 9.17) is 9.47 Å². The van der Waals surface area contributed by atoms with Crippen LogP contribution in [0.3, 0.4) is 0 Å². The quantitative estimate of drug-likeness (QED) is 0.791. The summed E-state index contributed by atoms with van der Waals surface area (Å²) in [6.07, 6.45) is 4.62. The van der Waals surface area contributed by atoms with Gasteiger partial charge in [0.25, 0.3) is 5.91 Å². The number of ether oxygens (including phenoxy) is 2. The summed E-state index contributed by atoms with van der Waals surface area (Å²) in [6, 6.07) is 6.13. The molecular weight excluding hydrogens is 368 g/mol. The van der Waals surface area contributed by atoms with Gasteiger partial charge in [0.1, 0.15) is 0 Å². The van der Waals surface area contributed by atoms with E-state index in [1.807, 2.05) is 36.9 Å². The highest BCUT2D eigenvalue weighted by Crippen LogP contribution is 2.38. The molecule has 0 radical (unpaired) electrons. The Hall–Kier alpha value is -2.83. The largest absolute Gasteiger partial charge is 0.454 e. The van der Waals surface area contributed by atoms with Gasteiger partial charge in [0.2, 0.25) is 12.7 Å². The van der Waals surface area contributed by atoms with Crippen LogP contribution >= 0.6 is 0 Å². The van der Waals surface area contributed by atoms with Crippen molar-refractivity contribution in [3.8, 4) is 11.5 Å². The van der Waals surface area contributed by atoms with Crippen LogP contribution in [0.5, 0.6) is 11.5 Å². The van der Waals surface area contributed by atoms with Crippen molar-refractivity contribution in [2.24, 2.45) is 5.41 Å². The van der Waals surface area contributed by atoms with E-state index in [0.717, 1.165) is 49.5 Å². The van der Waals surface area contributed by atoms with Gasteiger partial charge in [-0.1, -0.05) is 13.0 Å². The average Bonchev–Trinajstić information content (AvgIpc) is 3.15. The van der Waals surface area contributed by atoms with Gasteiger partial charge in [-0.25, -0.2) is 9.97 Å². The maximum Gasteiger partial charge on any atom is 0.257 e. The smallest absolute Gasteiger partial charge is 0.257 e. The summed E-state index contributed by atoms with van der Waals surface area (Å²) in [4.78, 5) is 25.8. The van der Waals surface area contributed by atoms with E-state index < -0.39 is 0 Å². The molecule has 7 nitrogen and oxygen atoms in total. The number of hydrogen-bond donors (Lipinski definition) is 0. The van der Waals surface area contributed by atoms with Gasteiger partial charge in [-0.2, -0.15) is 0 Å². The molecule has 2 aliphatic heterocycles. The monoisotopic (exact) mass is 396 g/mol. The molecule has 1 atom stereocenters. The van der Waals surface area contributed by atoms with Crippen molar-refractivity contribution in [3.05, 3.63) is 41.2 Å². The lowest BCUT2D eigenvalue weighted by Gasteiger charge is -2.41. The molecule has 4 rings (SSSR count). The van der Waals surface area contributed by atoms with Crippen LogP contribution in [0.15, 0.2) is 24.4 Å². The number of amides is 1. The zero-order valence-corrected chi connectivity index (χ0v) is 17.6. The Labute approximate surface area is 171 Å². The molecule has 1 amide bonds. The van der Waals surface area contributed by atoms with Gasteiger partial charge in [-0.05, 0) is 49.3 Å². The summed E-state index contributed by atoms with van der Waals surface area (Å²) in [5.74, 6) is 2.24. The Morgan fingerprint density at radius 3 is 2.83 bits per heavy atom. The second-order valence-corrected chi connectivity index (χ2v) is 8.57. The number of aryl methyl sites for hydroxylation is 1. The third kappa shape index (κ3) is 3.99. The Bertz CT molecular complexity index is 930. The third-order valence-corrected chi connectivity index (χ3v) is 5.73. The zero-order valence-electron chi connectivity index (χ0n) is 17.6. The number of rotatable bonds is 4. The molecule has 0 spiro atoms. The molecule has 3 heterocycles. The van der Waals surface area contributed by atoms with E-state index >= 15 is 0 Å². The van der Waals surface area contributed by atoms with Gasteiger partial charge in [0, 0.05) is 33.4 Å². The fraction of sp³-hybridized carbons (Fsp3) is 0.500. The van der Waals surface area contributed by atoms with E-state index in [1.54, 1.807) is 6.20 Å². The molecule has 0 bridgehead atoms. The minimum absolute atomic E-state index is 0.0138. The Kier molecular flexibility index (Phi) is 5.06. The Morgan fingerprint density at radius 2 is 2.07 bits per heavy atom. The molecule has 0 aliphatic carbocycles. The van der Waals surface area contributed by atoms with E-state index in [1.165, 1.54) is 5.56 Å². The number of benzene rings is 1. The first kappa shape index (κ1) is 19.5.